The van der Waals surface area contributed by atoms with Gasteiger partial charge in [0.1, 0.15) is 5.82 Å². The molecule has 5 heteroatoms. The number of esters is 1. The van der Waals surface area contributed by atoms with E-state index in [4.69, 9.17) is 0 Å². The summed E-state index contributed by atoms with van der Waals surface area (Å²) in [6.07, 6.45) is 6.47. The zero-order valence-electron chi connectivity index (χ0n) is 9.43. The van der Waals surface area contributed by atoms with Crippen LogP contribution >= 0.6 is 0 Å². The first-order valence-corrected chi connectivity index (χ1v) is 5.04. The van der Waals surface area contributed by atoms with E-state index in [1.54, 1.807) is 6.07 Å². The molecule has 0 radical (unpaired) electrons. The Morgan fingerprint density at radius 3 is 3.12 bits per heavy atom. The lowest BCUT2D eigenvalue weighted by molar-refractivity contribution is 0.0587. The third kappa shape index (κ3) is 3.68. The average Bonchev–Trinajstić information content (AvgIpc) is 2.34. The SMILES string of the molecule is C/C=C/CCNc1ccnc(C(=O)OC)n1. The Morgan fingerprint density at radius 1 is 1.62 bits per heavy atom. The van der Waals surface area contributed by atoms with Crippen LogP contribution in [0.4, 0.5) is 5.82 Å². The fourth-order valence-corrected chi connectivity index (χ4v) is 1.10. The number of allylic oxidation sites excluding steroid dienone is 1. The van der Waals surface area contributed by atoms with Gasteiger partial charge in [-0.1, -0.05) is 12.2 Å². The van der Waals surface area contributed by atoms with Gasteiger partial charge in [-0.25, -0.2) is 14.8 Å². The molecule has 0 aliphatic heterocycles. The zero-order chi connectivity index (χ0) is 11.8. The van der Waals surface area contributed by atoms with E-state index in [1.807, 2.05) is 13.0 Å². The number of ether oxygens (including phenoxy) is 1. The number of hydrogen-bond donors (Lipinski definition) is 1. The van der Waals surface area contributed by atoms with Gasteiger partial charge in [0.05, 0.1) is 7.11 Å². The van der Waals surface area contributed by atoms with Crippen LogP contribution in [0.2, 0.25) is 0 Å². The van der Waals surface area contributed by atoms with Crippen LogP contribution in [0.1, 0.15) is 24.0 Å². The summed E-state index contributed by atoms with van der Waals surface area (Å²) >= 11 is 0. The minimum absolute atomic E-state index is 0.0681. The van der Waals surface area contributed by atoms with Gasteiger partial charge in [-0.3, -0.25) is 0 Å². The van der Waals surface area contributed by atoms with Crippen LogP contribution in [-0.4, -0.2) is 29.6 Å². The number of anilines is 1. The third-order valence-electron chi connectivity index (χ3n) is 1.88. The van der Waals surface area contributed by atoms with Gasteiger partial charge in [0.25, 0.3) is 0 Å². The average molecular weight is 221 g/mol. The zero-order valence-corrected chi connectivity index (χ0v) is 9.43. The number of nitrogens with zero attached hydrogens (tertiary/aromatic N) is 2. The van der Waals surface area contributed by atoms with Crippen molar-refractivity contribution >= 4 is 11.8 Å². The molecule has 0 atom stereocenters. The molecule has 0 aromatic carbocycles. The molecule has 0 spiro atoms. The number of aromatic nitrogens is 2. The van der Waals surface area contributed by atoms with Crippen LogP contribution in [0.15, 0.2) is 24.4 Å². The number of hydrogen-bond acceptors (Lipinski definition) is 5. The van der Waals surface area contributed by atoms with E-state index < -0.39 is 5.97 Å². The number of nitrogens with one attached hydrogen (secondary N) is 1. The highest BCUT2D eigenvalue weighted by Crippen LogP contribution is 2.02. The van der Waals surface area contributed by atoms with Crippen molar-refractivity contribution in [2.45, 2.75) is 13.3 Å². The van der Waals surface area contributed by atoms with E-state index >= 15 is 0 Å². The Hall–Kier alpha value is -1.91. The first-order chi connectivity index (χ1) is 7.77. The summed E-state index contributed by atoms with van der Waals surface area (Å²) in [7, 11) is 1.30. The summed E-state index contributed by atoms with van der Waals surface area (Å²) in [5.41, 5.74) is 0. The number of carbonyl (C=O) groups excluding carboxylic acids is 1. The Bertz CT molecular complexity index is 377. The maximum atomic E-state index is 11.2. The van der Waals surface area contributed by atoms with E-state index in [0.717, 1.165) is 13.0 Å². The lowest BCUT2D eigenvalue weighted by Crippen LogP contribution is -2.10. The van der Waals surface area contributed by atoms with Crippen LogP contribution in [0, 0.1) is 0 Å². The van der Waals surface area contributed by atoms with Gasteiger partial charge in [-0.05, 0) is 19.4 Å². The Balaban J connectivity index is 2.57. The molecule has 0 aliphatic rings. The molecule has 1 aromatic heterocycles. The predicted octanol–water partition coefficient (Wildman–Crippen LogP) is 1.64. The van der Waals surface area contributed by atoms with Crippen LogP contribution < -0.4 is 5.32 Å². The minimum Gasteiger partial charge on any atom is -0.463 e. The van der Waals surface area contributed by atoms with Crippen LogP contribution in [0.3, 0.4) is 0 Å². The van der Waals surface area contributed by atoms with Crippen molar-refractivity contribution in [2.24, 2.45) is 0 Å². The number of carbonyl (C=O) groups is 1. The van der Waals surface area contributed by atoms with Crippen molar-refractivity contribution in [3.05, 3.63) is 30.2 Å². The summed E-state index contributed by atoms with van der Waals surface area (Å²) in [6, 6.07) is 1.71. The third-order valence-corrected chi connectivity index (χ3v) is 1.88. The largest absolute Gasteiger partial charge is 0.463 e. The second-order valence-corrected chi connectivity index (χ2v) is 3.04. The van der Waals surface area contributed by atoms with Gasteiger partial charge in [0.15, 0.2) is 0 Å². The maximum absolute atomic E-state index is 11.2. The second kappa shape index (κ2) is 6.55. The van der Waals surface area contributed by atoms with Gasteiger partial charge >= 0.3 is 5.97 Å². The second-order valence-electron chi connectivity index (χ2n) is 3.04. The smallest absolute Gasteiger partial charge is 0.376 e. The minimum atomic E-state index is -0.530. The standard InChI is InChI=1S/C11H15N3O2/c1-3-4-5-7-12-9-6-8-13-10(14-9)11(15)16-2/h3-4,6,8H,5,7H2,1-2H3,(H,12,13,14)/b4-3+. The molecular formula is C11H15N3O2. The molecule has 0 aliphatic carbocycles. The summed E-state index contributed by atoms with van der Waals surface area (Å²) < 4.78 is 4.53. The van der Waals surface area contributed by atoms with Crippen LogP contribution in [0.5, 0.6) is 0 Å². The first kappa shape index (κ1) is 12.2. The van der Waals surface area contributed by atoms with Gasteiger partial charge < -0.3 is 10.1 Å². The quantitative estimate of drug-likeness (QED) is 0.465. The molecule has 1 heterocycles. The Kier molecular flexibility index (Phi) is 4.98. The van der Waals surface area contributed by atoms with E-state index in [2.05, 4.69) is 26.1 Å². The highest BCUT2D eigenvalue weighted by atomic mass is 16.5. The molecule has 0 fully saturated rings. The Morgan fingerprint density at radius 2 is 2.44 bits per heavy atom. The highest BCUT2D eigenvalue weighted by molar-refractivity contribution is 5.85. The molecule has 1 aromatic rings. The van der Waals surface area contributed by atoms with Crippen LogP contribution in [-0.2, 0) is 4.74 Å². The fraction of sp³-hybridized carbons (Fsp3) is 0.364. The lowest BCUT2D eigenvalue weighted by atomic mass is 10.4. The molecule has 1 rings (SSSR count). The summed E-state index contributed by atoms with van der Waals surface area (Å²) in [5.74, 6) is 0.163. The van der Waals surface area contributed by atoms with Gasteiger partial charge in [-0.2, -0.15) is 0 Å². The van der Waals surface area contributed by atoms with E-state index in [1.165, 1.54) is 13.3 Å². The van der Waals surface area contributed by atoms with Crippen molar-refractivity contribution in [2.75, 3.05) is 19.0 Å². The monoisotopic (exact) mass is 221 g/mol. The van der Waals surface area contributed by atoms with Crippen LogP contribution in [0.25, 0.3) is 0 Å². The predicted molar refractivity (Wildman–Crippen MR) is 61.3 cm³/mol. The molecule has 0 amide bonds. The molecular weight excluding hydrogens is 206 g/mol. The number of rotatable bonds is 5. The van der Waals surface area contributed by atoms with Gasteiger partial charge in [0, 0.05) is 12.7 Å². The van der Waals surface area contributed by atoms with E-state index in [9.17, 15) is 4.79 Å². The molecule has 16 heavy (non-hydrogen) atoms. The summed E-state index contributed by atoms with van der Waals surface area (Å²) in [4.78, 5) is 19.0. The molecule has 0 saturated carbocycles. The van der Waals surface area contributed by atoms with Crippen molar-refractivity contribution in [1.29, 1.82) is 0 Å². The van der Waals surface area contributed by atoms with Gasteiger partial charge in [-0.15, -0.1) is 0 Å². The maximum Gasteiger partial charge on any atom is 0.376 e. The topological polar surface area (TPSA) is 64.1 Å². The Labute approximate surface area is 94.6 Å². The molecule has 0 bridgehead atoms. The first-order valence-electron chi connectivity index (χ1n) is 5.04. The van der Waals surface area contributed by atoms with Crippen molar-refractivity contribution in [3.8, 4) is 0 Å². The highest BCUT2D eigenvalue weighted by Gasteiger charge is 2.08. The molecule has 5 nitrogen and oxygen atoms in total. The molecule has 86 valence electrons. The molecule has 1 N–H and O–H groups in total. The molecule has 0 unspecified atom stereocenters. The van der Waals surface area contributed by atoms with Crippen molar-refractivity contribution in [1.82, 2.24) is 9.97 Å². The summed E-state index contributed by atoms with van der Waals surface area (Å²) in [5, 5.41) is 3.09. The van der Waals surface area contributed by atoms with Crippen molar-refractivity contribution < 1.29 is 9.53 Å². The lowest BCUT2D eigenvalue weighted by Gasteiger charge is -2.04. The van der Waals surface area contributed by atoms with E-state index in [0.29, 0.717) is 5.82 Å². The number of methoxy groups -OCH3 is 1. The van der Waals surface area contributed by atoms with E-state index in [-0.39, 0.29) is 5.82 Å². The summed E-state index contributed by atoms with van der Waals surface area (Å²) in [6.45, 7) is 2.74. The van der Waals surface area contributed by atoms with Crippen molar-refractivity contribution in [3.63, 3.8) is 0 Å². The van der Waals surface area contributed by atoms with Gasteiger partial charge in [0.2, 0.25) is 5.82 Å². The fourth-order valence-electron chi connectivity index (χ4n) is 1.10. The normalized spacial score (nSPS) is 10.4. The molecule has 0 saturated heterocycles.